The van der Waals surface area contributed by atoms with Gasteiger partial charge in [0.1, 0.15) is 0 Å². The fourth-order valence-electron chi connectivity index (χ4n) is 0.365. The second kappa shape index (κ2) is 3.84. The maximum absolute atomic E-state index is 10.4. The molecule has 0 unspecified atom stereocenters. The van der Waals surface area contributed by atoms with E-state index in [0.29, 0.717) is 0 Å². The Balaban J connectivity index is 3.68. The molecular weight excluding hydrogens is 138 g/mol. The number of aliphatic hydroxyl groups excluding tert-OH is 1. The van der Waals surface area contributed by atoms with Crippen LogP contribution >= 0.6 is 0 Å². The third-order valence-electron chi connectivity index (χ3n) is 0.943. The van der Waals surface area contributed by atoms with E-state index >= 15 is 0 Å². The molecule has 58 valence electrons. The minimum atomic E-state index is -1.60. The molecule has 5 heteroatoms. The summed E-state index contributed by atoms with van der Waals surface area (Å²) >= 11 is 0. The van der Waals surface area contributed by atoms with Crippen LogP contribution in [0.25, 0.3) is 0 Å². The Bertz CT molecular complexity index is 145. The van der Waals surface area contributed by atoms with Gasteiger partial charge in [-0.25, -0.2) is 4.79 Å². The molecule has 0 spiro atoms. The second-order valence-electron chi connectivity index (χ2n) is 1.73. The molecule has 5 nitrogen and oxygen atoms in total. The molecule has 0 rings (SSSR count). The van der Waals surface area contributed by atoms with Gasteiger partial charge in [-0.3, -0.25) is 4.79 Å². The van der Waals surface area contributed by atoms with Crippen molar-refractivity contribution in [1.82, 2.24) is 5.32 Å². The van der Waals surface area contributed by atoms with Crippen LogP contribution in [0.5, 0.6) is 0 Å². The highest BCUT2D eigenvalue weighted by molar-refractivity contribution is 5.83. The SMILES string of the molecule is CNC(=O)C[C@@H](O)C(=O)O. The fourth-order valence-corrected chi connectivity index (χ4v) is 0.365. The number of carbonyl (C=O) groups is 2. The molecule has 0 aliphatic carbocycles. The van der Waals surface area contributed by atoms with Gasteiger partial charge in [0, 0.05) is 7.05 Å². The van der Waals surface area contributed by atoms with E-state index in [1.165, 1.54) is 7.05 Å². The minimum absolute atomic E-state index is 0.397. The summed E-state index contributed by atoms with van der Waals surface area (Å²) in [6.45, 7) is 0. The molecule has 0 radical (unpaired) electrons. The first-order chi connectivity index (χ1) is 4.57. The number of hydrogen-bond donors (Lipinski definition) is 3. The highest BCUT2D eigenvalue weighted by atomic mass is 16.4. The van der Waals surface area contributed by atoms with Crippen LogP contribution in [0, 0.1) is 0 Å². The number of carboxylic acid groups (broad SMARTS) is 1. The first-order valence-electron chi connectivity index (χ1n) is 2.69. The molecule has 0 fully saturated rings. The minimum Gasteiger partial charge on any atom is -0.479 e. The topological polar surface area (TPSA) is 86.6 Å². The van der Waals surface area contributed by atoms with E-state index in [9.17, 15) is 9.59 Å². The summed E-state index contributed by atoms with van der Waals surface area (Å²) in [7, 11) is 1.37. The first-order valence-corrected chi connectivity index (χ1v) is 2.69. The third-order valence-corrected chi connectivity index (χ3v) is 0.943. The Morgan fingerprint density at radius 2 is 2.10 bits per heavy atom. The molecule has 0 aromatic rings. The Labute approximate surface area is 57.7 Å². The number of hydrogen-bond acceptors (Lipinski definition) is 3. The number of aliphatic carboxylic acids is 1. The summed E-state index contributed by atoms with van der Waals surface area (Å²) in [4.78, 5) is 20.3. The van der Waals surface area contributed by atoms with Crippen molar-refractivity contribution in [2.45, 2.75) is 12.5 Å². The van der Waals surface area contributed by atoms with Crippen molar-refractivity contribution >= 4 is 11.9 Å². The monoisotopic (exact) mass is 147 g/mol. The predicted molar refractivity (Wildman–Crippen MR) is 32.3 cm³/mol. The third kappa shape index (κ3) is 3.03. The zero-order chi connectivity index (χ0) is 8.15. The first kappa shape index (κ1) is 8.90. The summed E-state index contributed by atoms with van der Waals surface area (Å²) < 4.78 is 0. The molecule has 0 saturated carbocycles. The van der Waals surface area contributed by atoms with Gasteiger partial charge in [-0.2, -0.15) is 0 Å². The summed E-state index contributed by atoms with van der Waals surface area (Å²) in [5, 5.41) is 18.9. The largest absolute Gasteiger partial charge is 0.479 e. The van der Waals surface area contributed by atoms with Gasteiger partial charge < -0.3 is 15.5 Å². The van der Waals surface area contributed by atoms with E-state index < -0.39 is 24.4 Å². The molecule has 1 atom stereocenters. The van der Waals surface area contributed by atoms with Crippen molar-refractivity contribution < 1.29 is 19.8 Å². The number of nitrogens with one attached hydrogen (secondary N) is 1. The summed E-state index contributed by atoms with van der Waals surface area (Å²) in [5.74, 6) is -1.88. The lowest BCUT2D eigenvalue weighted by Gasteiger charge is -2.02. The van der Waals surface area contributed by atoms with E-state index in [2.05, 4.69) is 5.32 Å². The number of carboxylic acids is 1. The van der Waals surface area contributed by atoms with Gasteiger partial charge in [-0.15, -0.1) is 0 Å². The normalized spacial score (nSPS) is 12.2. The van der Waals surface area contributed by atoms with E-state index in [1.54, 1.807) is 0 Å². The highest BCUT2D eigenvalue weighted by Crippen LogP contribution is 1.89. The lowest BCUT2D eigenvalue weighted by atomic mass is 10.2. The van der Waals surface area contributed by atoms with E-state index in [1.807, 2.05) is 0 Å². The molecule has 0 saturated heterocycles. The molecule has 10 heavy (non-hydrogen) atoms. The van der Waals surface area contributed by atoms with Gasteiger partial charge in [-0.1, -0.05) is 0 Å². The number of aliphatic hydroxyl groups is 1. The van der Waals surface area contributed by atoms with Crippen molar-refractivity contribution in [2.75, 3.05) is 7.05 Å². The van der Waals surface area contributed by atoms with Crippen LogP contribution in [-0.4, -0.2) is 35.2 Å². The van der Waals surface area contributed by atoms with Crippen molar-refractivity contribution in [2.24, 2.45) is 0 Å². The van der Waals surface area contributed by atoms with Crippen LogP contribution < -0.4 is 5.32 Å². The van der Waals surface area contributed by atoms with Crippen molar-refractivity contribution in [3.8, 4) is 0 Å². The Morgan fingerprint density at radius 1 is 1.60 bits per heavy atom. The van der Waals surface area contributed by atoms with Crippen LogP contribution in [0.4, 0.5) is 0 Å². The second-order valence-corrected chi connectivity index (χ2v) is 1.73. The Hall–Kier alpha value is -1.10. The number of amides is 1. The quantitative estimate of drug-likeness (QED) is 0.456. The average Bonchev–Trinajstić information content (AvgIpc) is 1.87. The summed E-state index contributed by atoms with van der Waals surface area (Å²) in [6, 6.07) is 0. The van der Waals surface area contributed by atoms with Gasteiger partial charge in [0.05, 0.1) is 6.42 Å². The fraction of sp³-hybridized carbons (Fsp3) is 0.600. The maximum Gasteiger partial charge on any atom is 0.333 e. The molecular formula is C5H9NO4. The summed E-state index contributed by atoms with van der Waals surface area (Å²) in [6.07, 6.45) is -1.99. The van der Waals surface area contributed by atoms with E-state index in [-0.39, 0.29) is 0 Å². The Kier molecular flexibility index (Phi) is 3.42. The van der Waals surface area contributed by atoms with Crippen LogP contribution in [-0.2, 0) is 9.59 Å². The molecule has 1 amide bonds. The Morgan fingerprint density at radius 3 is 2.40 bits per heavy atom. The molecule has 0 heterocycles. The smallest absolute Gasteiger partial charge is 0.333 e. The molecule has 0 aromatic carbocycles. The lowest BCUT2D eigenvalue weighted by Crippen LogP contribution is -2.28. The van der Waals surface area contributed by atoms with Gasteiger partial charge >= 0.3 is 5.97 Å². The lowest BCUT2D eigenvalue weighted by molar-refractivity contribution is -0.149. The zero-order valence-electron chi connectivity index (χ0n) is 5.50. The number of rotatable bonds is 3. The van der Waals surface area contributed by atoms with Crippen LogP contribution in [0.3, 0.4) is 0 Å². The maximum atomic E-state index is 10.4. The molecule has 3 N–H and O–H groups in total. The molecule has 0 bridgehead atoms. The van der Waals surface area contributed by atoms with Crippen molar-refractivity contribution in [3.63, 3.8) is 0 Å². The summed E-state index contributed by atoms with van der Waals surface area (Å²) in [5.41, 5.74) is 0. The van der Waals surface area contributed by atoms with Crippen molar-refractivity contribution in [3.05, 3.63) is 0 Å². The molecule has 0 aromatic heterocycles. The standard InChI is InChI=1S/C5H9NO4/c1-6-4(8)2-3(7)5(9)10/h3,7H,2H2,1H3,(H,6,8)(H,9,10)/t3-/m1/s1. The number of carbonyl (C=O) groups excluding carboxylic acids is 1. The van der Waals surface area contributed by atoms with Gasteiger partial charge in [-0.05, 0) is 0 Å². The van der Waals surface area contributed by atoms with Crippen LogP contribution in [0.2, 0.25) is 0 Å². The zero-order valence-corrected chi connectivity index (χ0v) is 5.50. The van der Waals surface area contributed by atoms with E-state index in [4.69, 9.17) is 10.2 Å². The van der Waals surface area contributed by atoms with Crippen LogP contribution in [0.1, 0.15) is 6.42 Å². The van der Waals surface area contributed by atoms with Gasteiger partial charge in [0.2, 0.25) is 5.91 Å². The van der Waals surface area contributed by atoms with Crippen molar-refractivity contribution in [1.29, 1.82) is 0 Å². The van der Waals surface area contributed by atoms with Gasteiger partial charge in [0.15, 0.2) is 6.10 Å². The highest BCUT2D eigenvalue weighted by Gasteiger charge is 2.16. The predicted octanol–water partition coefficient (Wildman–Crippen LogP) is -1.43. The average molecular weight is 147 g/mol. The van der Waals surface area contributed by atoms with Crippen LogP contribution in [0.15, 0.2) is 0 Å². The van der Waals surface area contributed by atoms with Gasteiger partial charge in [0.25, 0.3) is 0 Å². The van der Waals surface area contributed by atoms with E-state index in [0.717, 1.165) is 0 Å². The molecule has 0 aliphatic rings. The molecule has 0 aliphatic heterocycles.